The van der Waals surface area contributed by atoms with Gasteiger partial charge < -0.3 is 15.0 Å². The van der Waals surface area contributed by atoms with E-state index >= 15 is 0 Å². The van der Waals surface area contributed by atoms with Gasteiger partial charge in [-0.05, 0) is 52.3 Å². The maximum atomic E-state index is 12.6. The van der Waals surface area contributed by atoms with Gasteiger partial charge in [0.25, 0.3) is 10.0 Å². The summed E-state index contributed by atoms with van der Waals surface area (Å²) in [5, 5.41) is 11.4. The molecule has 1 saturated heterocycles. The number of hydrogen-bond acceptors (Lipinski definition) is 7. The second-order valence-electron chi connectivity index (χ2n) is 6.64. The number of sulfonamides is 1. The summed E-state index contributed by atoms with van der Waals surface area (Å²) >= 11 is 3.28. The minimum Gasteiger partial charge on any atom is -0.378 e. The summed E-state index contributed by atoms with van der Waals surface area (Å²) in [6.07, 6.45) is 1.73. The number of hydrogen-bond donors (Lipinski definition) is 2. The van der Waals surface area contributed by atoms with Gasteiger partial charge in [-0.1, -0.05) is 12.1 Å². The first-order valence-corrected chi connectivity index (χ1v) is 11.6. The van der Waals surface area contributed by atoms with Crippen LogP contribution in [-0.2, 0) is 14.8 Å². The van der Waals surface area contributed by atoms with Crippen LogP contribution in [-0.4, -0.2) is 44.9 Å². The van der Waals surface area contributed by atoms with E-state index < -0.39 is 10.0 Å². The van der Waals surface area contributed by atoms with Crippen molar-refractivity contribution < 1.29 is 13.2 Å². The Bertz CT molecular complexity index is 1120. The first kappa shape index (κ1) is 20.6. The van der Waals surface area contributed by atoms with Gasteiger partial charge >= 0.3 is 0 Å². The number of halogens is 1. The molecule has 1 aromatic heterocycles. The third kappa shape index (κ3) is 4.89. The highest BCUT2D eigenvalue weighted by molar-refractivity contribution is 9.10. The molecule has 156 valence electrons. The molecule has 0 atom stereocenters. The van der Waals surface area contributed by atoms with Gasteiger partial charge in [-0.15, -0.1) is 5.10 Å². The average molecular weight is 490 g/mol. The number of morpholine rings is 1. The van der Waals surface area contributed by atoms with Crippen LogP contribution in [0.15, 0.2) is 70.2 Å². The lowest BCUT2D eigenvalue weighted by Gasteiger charge is -2.28. The van der Waals surface area contributed by atoms with Crippen LogP contribution in [0, 0.1) is 0 Å². The molecule has 1 aliphatic rings. The molecule has 0 spiro atoms. The van der Waals surface area contributed by atoms with Crippen LogP contribution in [0.1, 0.15) is 0 Å². The molecular weight excluding hydrogens is 470 g/mol. The van der Waals surface area contributed by atoms with E-state index in [1.807, 2.05) is 6.07 Å². The highest BCUT2D eigenvalue weighted by atomic mass is 79.9. The second-order valence-corrected chi connectivity index (χ2v) is 9.14. The predicted octanol–water partition coefficient (Wildman–Crippen LogP) is 3.62. The smallest absolute Gasteiger partial charge is 0.263 e. The van der Waals surface area contributed by atoms with E-state index in [0.717, 1.165) is 24.5 Å². The van der Waals surface area contributed by atoms with Crippen LogP contribution in [0.2, 0.25) is 0 Å². The molecule has 2 N–H and O–H groups in total. The van der Waals surface area contributed by atoms with Gasteiger partial charge in [-0.25, -0.2) is 8.42 Å². The van der Waals surface area contributed by atoms with Crippen molar-refractivity contribution in [3.8, 4) is 0 Å². The molecule has 0 aliphatic carbocycles. The summed E-state index contributed by atoms with van der Waals surface area (Å²) in [5.74, 6) is 0.612. The lowest BCUT2D eigenvalue weighted by atomic mass is 10.3. The minimum absolute atomic E-state index is 0.183. The van der Waals surface area contributed by atoms with Crippen molar-refractivity contribution in [3.63, 3.8) is 0 Å². The summed E-state index contributed by atoms with van der Waals surface area (Å²) in [6.45, 7) is 3.03. The fourth-order valence-corrected chi connectivity index (χ4v) is 5.12. The summed E-state index contributed by atoms with van der Waals surface area (Å²) < 4.78 is 33.7. The number of benzene rings is 2. The van der Waals surface area contributed by atoms with E-state index in [1.165, 1.54) is 0 Å². The molecule has 1 fully saturated rings. The lowest BCUT2D eigenvalue weighted by molar-refractivity contribution is 0.122. The molecule has 3 aromatic rings. The van der Waals surface area contributed by atoms with E-state index in [2.05, 4.69) is 41.1 Å². The minimum atomic E-state index is -3.69. The fourth-order valence-electron chi connectivity index (χ4n) is 3.05. The standard InChI is InChI=1S/C20H20BrN5O3S/c21-18-3-1-2-4-19(18)30(27,28)25-16-7-5-15(6-8-16)23-20-13-17(14-22-24-20)26-9-11-29-12-10-26/h1-8,13-14,25H,9-12H2,(H,23,24). The van der Waals surface area contributed by atoms with Gasteiger partial charge in [0, 0.05) is 35.0 Å². The Labute approximate surface area is 183 Å². The number of nitrogens with one attached hydrogen (secondary N) is 2. The number of rotatable bonds is 6. The van der Waals surface area contributed by atoms with Crippen LogP contribution in [0.3, 0.4) is 0 Å². The Hall–Kier alpha value is -2.69. The number of aromatic nitrogens is 2. The van der Waals surface area contributed by atoms with E-state index in [-0.39, 0.29) is 4.90 Å². The predicted molar refractivity (Wildman–Crippen MR) is 120 cm³/mol. The zero-order valence-electron chi connectivity index (χ0n) is 16.0. The molecule has 0 amide bonds. The first-order valence-electron chi connectivity index (χ1n) is 9.31. The van der Waals surface area contributed by atoms with Crippen molar-refractivity contribution in [2.24, 2.45) is 0 Å². The van der Waals surface area contributed by atoms with Crippen LogP contribution in [0.5, 0.6) is 0 Å². The van der Waals surface area contributed by atoms with Crippen molar-refractivity contribution >= 4 is 48.8 Å². The monoisotopic (exact) mass is 489 g/mol. The van der Waals surface area contributed by atoms with Crippen molar-refractivity contribution in [2.45, 2.75) is 4.90 Å². The molecule has 0 radical (unpaired) electrons. The van der Waals surface area contributed by atoms with Crippen LogP contribution < -0.4 is 14.9 Å². The van der Waals surface area contributed by atoms with Crippen molar-refractivity contribution in [3.05, 3.63) is 65.3 Å². The van der Waals surface area contributed by atoms with Crippen molar-refractivity contribution in [1.29, 1.82) is 0 Å². The van der Waals surface area contributed by atoms with Crippen LogP contribution in [0.4, 0.5) is 22.9 Å². The highest BCUT2D eigenvalue weighted by Gasteiger charge is 2.17. The molecule has 8 nitrogen and oxygen atoms in total. The van der Waals surface area contributed by atoms with Crippen LogP contribution >= 0.6 is 15.9 Å². The number of nitrogens with zero attached hydrogens (tertiary/aromatic N) is 3. The van der Waals surface area contributed by atoms with E-state index in [1.54, 1.807) is 54.7 Å². The molecule has 2 heterocycles. The molecule has 30 heavy (non-hydrogen) atoms. The Morgan fingerprint density at radius 1 is 1.00 bits per heavy atom. The van der Waals surface area contributed by atoms with E-state index in [9.17, 15) is 8.42 Å². The van der Waals surface area contributed by atoms with Gasteiger partial charge in [0.2, 0.25) is 0 Å². The zero-order chi connectivity index (χ0) is 21.0. The summed E-state index contributed by atoms with van der Waals surface area (Å²) in [4.78, 5) is 2.38. The SMILES string of the molecule is O=S(=O)(Nc1ccc(Nc2cc(N3CCOCC3)cnn2)cc1)c1ccccc1Br. The number of anilines is 4. The maximum Gasteiger partial charge on any atom is 0.263 e. The largest absolute Gasteiger partial charge is 0.378 e. The average Bonchev–Trinajstić information content (AvgIpc) is 2.76. The van der Waals surface area contributed by atoms with Gasteiger partial charge in [-0.2, -0.15) is 5.10 Å². The Morgan fingerprint density at radius 2 is 1.70 bits per heavy atom. The van der Waals surface area contributed by atoms with E-state index in [4.69, 9.17) is 4.74 Å². The molecule has 0 unspecified atom stereocenters. The summed E-state index contributed by atoms with van der Waals surface area (Å²) in [5.41, 5.74) is 2.21. The van der Waals surface area contributed by atoms with Crippen molar-refractivity contribution in [2.75, 3.05) is 41.2 Å². The molecule has 0 bridgehead atoms. The lowest BCUT2D eigenvalue weighted by Crippen LogP contribution is -2.36. The van der Waals surface area contributed by atoms with Crippen LogP contribution in [0.25, 0.3) is 0 Å². The Balaban J connectivity index is 1.45. The second kappa shape index (κ2) is 8.99. The topological polar surface area (TPSA) is 96.5 Å². The van der Waals surface area contributed by atoms with E-state index in [0.29, 0.717) is 29.2 Å². The van der Waals surface area contributed by atoms with Gasteiger partial charge in [-0.3, -0.25) is 4.72 Å². The highest BCUT2D eigenvalue weighted by Crippen LogP contribution is 2.25. The van der Waals surface area contributed by atoms with Gasteiger partial charge in [0.1, 0.15) is 4.90 Å². The van der Waals surface area contributed by atoms with Crippen molar-refractivity contribution in [1.82, 2.24) is 10.2 Å². The van der Waals surface area contributed by atoms with Gasteiger partial charge in [0.15, 0.2) is 5.82 Å². The maximum absolute atomic E-state index is 12.6. The summed E-state index contributed by atoms with van der Waals surface area (Å²) in [6, 6.07) is 15.5. The number of ether oxygens (including phenoxy) is 1. The fraction of sp³-hybridized carbons (Fsp3) is 0.200. The van der Waals surface area contributed by atoms with Gasteiger partial charge in [0.05, 0.1) is 25.1 Å². The molecule has 1 aliphatic heterocycles. The molecule has 4 rings (SSSR count). The first-order chi connectivity index (χ1) is 14.5. The third-order valence-electron chi connectivity index (χ3n) is 4.55. The normalized spacial score (nSPS) is 14.4. The molecular formula is C20H20BrN5O3S. The summed E-state index contributed by atoms with van der Waals surface area (Å²) in [7, 11) is -3.69. The Morgan fingerprint density at radius 3 is 2.43 bits per heavy atom. The molecule has 10 heteroatoms. The molecule has 0 saturated carbocycles. The Kier molecular flexibility index (Phi) is 6.16. The zero-order valence-corrected chi connectivity index (χ0v) is 18.4. The molecule has 2 aromatic carbocycles. The third-order valence-corrected chi connectivity index (χ3v) is 6.95. The quantitative estimate of drug-likeness (QED) is 0.545.